The van der Waals surface area contributed by atoms with Crippen molar-refractivity contribution in [1.29, 1.82) is 0 Å². The fraction of sp³-hybridized carbons (Fsp3) is 0.412. The zero-order chi connectivity index (χ0) is 18.9. The van der Waals surface area contributed by atoms with E-state index in [1.54, 1.807) is 19.9 Å². The number of hydrogen-bond acceptors (Lipinski definition) is 4. The Morgan fingerprint density at radius 1 is 1.35 bits per heavy atom. The molecule has 2 aromatic rings. The maximum absolute atomic E-state index is 13.2. The summed E-state index contributed by atoms with van der Waals surface area (Å²) in [6.45, 7) is 3.24. The first kappa shape index (κ1) is 17.8. The predicted molar refractivity (Wildman–Crippen MR) is 91.7 cm³/mol. The molecule has 1 aromatic heterocycles. The molecule has 3 N–H and O–H groups in total. The number of aromatic nitrogens is 2. The van der Waals surface area contributed by atoms with Crippen molar-refractivity contribution in [3.8, 4) is 0 Å². The Kier molecular flexibility index (Phi) is 4.62. The molecule has 0 bridgehead atoms. The van der Waals surface area contributed by atoms with Gasteiger partial charge in [0, 0.05) is 13.0 Å². The second-order valence-electron chi connectivity index (χ2n) is 6.74. The minimum absolute atomic E-state index is 0.308. The molecule has 138 valence electrons. The molecule has 0 atom stereocenters. The fourth-order valence-electron chi connectivity index (χ4n) is 2.80. The highest BCUT2D eigenvalue weighted by atomic mass is 19.1. The van der Waals surface area contributed by atoms with Gasteiger partial charge in [0.05, 0.1) is 11.0 Å². The number of amides is 4. The normalized spacial score (nSPS) is 16.2. The van der Waals surface area contributed by atoms with E-state index in [-0.39, 0.29) is 12.4 Å². The van der Waals surface area contributed by atoms with E-state index in [1.165, 1.54) is 12.1 Å². The molecule has 1 aliphatic heterocycles. The number of urea groups is 1. The van der Waals surface area contributed by atoms with Crippen molar-refractivity contribution < 1.29 is 18.8 Å². The first-order valence-corrected chi connectivity index (χ1v) is 8.31. The number of aryl methyl sites for hydroxylation is 1. The van der Waals surface area contributed by atoms with Gasteiger partial charge < -0.3 is 15.6 Å². The van der Waals surface area contributed by atoms with Crippen LogP contribution in [0.5, 0.6) is 0 Å². The lowest BCUT2D eigenvalue weighted by atomic mass is 10.1. The second kappa shape index (κ2) is 6.74. The van der Waals surface area contributed by atoms with E-state index in [1.807, 2.05) is 0 Å². The Hall–Kier alpha value is -2.97. The van der Waals surface area contributed by atoms with Gasteiger partial charge in [0.25, 0.3) is 5.91 Å². The summed E-state index contributed by atoms with van der Waals surface area (Å²) in [6, 6.07) is 3.77. The minimum atomic E-state index is -0.988. The van der Waals surface area contributed by atoms with Crippen LogP contribution in [0.4, 0.5) is 9.18 Å². The van der Waals surface area contributed by atoms with Gasteiger partial charge >= 0.3 is 6.03 Å². The van der Waals surface area contributed by atoms with Crippen molar-refractivity contribution in [3.63, 3.8) is 0 Å². The topological polar surface area (TPSA) is 107 Å². The molecule has 3 rings (SSSR count). The lowest BCUT2D eigenvalue weighted by Gasteiger charge is -2.15. The minimum Gasteiger partial charge on any atom is -0.355 e. The smallest absolute Gasteiger partial charge is 0.325 e. The number of hydrogen-bond donors (Lipinski definition) is 3. The maximum Gasteiger partial charge on any atom is 0.325 e. The predicted octanol–water partition coefficient (Wildman–Crippen LogP) is 1.08. The zero-order valence-electron chi connectivity index (χ0n) is 14.6. The molecule has 26 heavy (non-hydrogen) atoms. The molecule has 0 saturated carbocycles. The number of imidazole rings is 1. The molecule has 1 saturated heterocycles. The first-order valence-electron chi connectivity index (χ1n) is 8.31. The van der Waals surface area contributed by atoms with Gasteiger partial charge in [-0.2, -0.15) is 0 Å². The summed E-state index contributed by atoms with van der Waals surface area (Å²) in [4.78, 5) is 44.0. The number of carbonyl (C=O) groups is 3. The monoisotopic (exact) mass is 361 g/mol. The highest BCUT2D eigenvalue weighted by Crippen LogP contribution is 2.16. The number of halogens is 1. The highest BCUT2D eigenvalue weighted by Gasteiger charge is 2.44. The molecule has 1 aromatic carbocycles. The molecule has 0 aliphatic carbocycles. The van der Waals surface area contributed by atoms with Gasteiger partial charge in [-0.15, -0.1) is 0 Å². The van der Waals surface area contributed by atoms with Crippen LogP contribution in [-0.4, -0.2) is 51.3 Å². The number of rotatable bonds is 6. The van der Waals surface area contributed by atoms with Crippen molar-refractivity contribution in [2.24, 2.45) is 0 Å². The molecule has 1 aliphatic rings. The van der Waals surface area contributed by atoms with E-state index in [2.05, 4.69) is 20.6 Å². The maximum atomic E-state index is 13.2. The average Bonchev–Trinajstić information content (AvgIpc) is 3.04. The summed E-state index contributed by atoms with van der Waals surface area (Å²) in [7, 11) is 0. The Morgan fingerprint density at radius 3 is 2.81 bits per heavy atom. The van der Waals surface area contributed by atoms with Gasteiger partial charge in [-0.3, -0.25) is 14.5 Å². The van der Waals surface area contributed by atoms with Gasteiger partial charge in [-0.25, -0.2) is 14.2 Å². The lowest BCUT2D eigenvalue weighted by Crippen LogP contribution is -2.43. The molecular formula is C17H20FN5O3. The van der Waals surface area contributed by atoms with Crippen LogP contribution < -0.4 is 10.6 Å². The summed E-state index contributed by atoms with van der Waals surface area (Å²) in [6.07, 6.45) is 1.19. The molecule has 9 heteroatoms. The number of fused-ring (bicyclic) bond motifs is 1. The summed E-state index contributed by atoms with van der Waals surface area (Å²) in [5.74, 6) is -0.454. The standard InChI is InChI=1S/C17H20FN5O3/c1-17(2)15(25)23(16(26)22-17)9-14(24)19-7-3-4-13-20-11-6-5-10(18)8-12(11)21-13/h5-6,8H,3-4,7,9H2,1-2H3,(H,19,24)(H,20,21)(H,22,26). The van der Waals surface area contributed by atoms with Crippen molar-refractivity contribution >= 4 is 28.9 Å². The van der Waals surface area contributed by atoms with Crippen LogP contribution in [0, 0.1) is 5.82 Å². The number of aromatic amines is 1. The summed E-state index contributed by atoms with van der Waals surface area (Å²) < 4.78 is 13.2. The average molecular weight is 361 g/mol. The summed E-state index contributed by atoms with van der Waals surface area (Å²) >= 11 is 0. The number of imide groups is 1. The van der Waals surface area contributed by atoms with Crippen LogP contribution in [0.2, 0.25) is 0 Å². The van der Waals surface area contributed by atoms with E-state index in [0.29, 0.717) is 36.2 Å². The van der Waals surface area contributed by atoms with Crippen molar-refractivity contribution in [2.45, 2.75) is 32.2 Å². The zero-order valence-corrected chi connectivity index (χ0v) is 14.6. The lowest BCUT2D eigenvalue weighted by molar-refractivity contribution is -0.134. The number of carbonyl (C=O) groups excluding carboxylic acids is 3. The van der Waals surface area contributed by atoms with E-state index >= 15 is 0 Å². The van der Waals surface area contributed by atoms with Crippen LogP contribution >= 0.6 is 0 Å². The van der Waals surface area contributed by atoms with Crippen molar-refractivity contribution in [2.75, 3.05) is 13.1 Å². The Labute approximate surface area is 149 Å². The van der Waals surface area contributed by atoms with E-state index in [9.17, 15) is 18.8 Å². The first-order chi connectivity index (χ1) is 12.3. The van der Waals surface area contributed by atoms with Gasteiger partial charge in [0.15, 0.2) is 0 Å². The summed E-state index contributed by atoms with van der Waals surface area (Å²) in [5.41, 5.74) is 0.329. The molecule has 8 nitrogen and oxygen atoms in total. The summed E-state index contributed by atoms with van der Waals surface area (Å²) in [5, 5.41) is 5.20. The molecule has 1 fully saturated rings. The number of H-pyrrole nitrogens is 1. The Bertz CT molecular complexity index is 876. The van der Waals surface area contributed by atoms with E-state index in [4.69, 9.17) is 0 Å². The SMILES string of the molecule is CC1(C)NC(=O)N(CC(=O)NCCCc2nc3ccc(F)cc3[nH]2)C1=O. The Morgan fingerprint density at radius 2 is 2.12 bits per heavy atom. The third-order valence-corrected chi connectivity index (χ3v) is 4.15. The van der Waals surface area contributed by atoms with E-state index < -0.39 is 23.4 Å². The van der Waals surface area contributed by atoms with Gasteiger partial charge in [0.2, 0.25) is 5.91 Å². The van der Waals surface area contributed by atoms with Crippen LogP contribution in [-0.2, 0) is 16.0 Å². The molecule has 0 unspecified atom stereocenters. The second-order valence-corrected chi connectivity index (χ2v) is 6.74. The third-order valence-electron chi connectivity index (χ3n) is 4.15. The van der Waals surface area contributed by atoms with Gasteiger partial charge in [-0.1, -0.05) is 0 Å². The Balaban J connectivity index is 1.45. The quantitative estimate of drug-likeness (QED) is 0.529. The number of benzene rings is 1. The van der Waals surface area contributed by atoms with Crippen molar-refractivity contribution in [1.82, 2.24) is 25.5 Å². The van der Waals surface area contributed by atoms with Crippen LogP contribution in [0.25, 0.3) is 11.0 Å². The molecule has 4 amide bonds. The van der Waals surface area contributed by atoms with E-state index in [0.717, 1.165) is 4.90 Å². The van der Waals surface area contributed by atoms with Gasteiger partial charge in [-0.05, 0) is 38.5 Å². The number of nitrogens with zero attached hydrogens (tertiary/aromatic N) is 2. The number of nitrogens with one attached hydrogen (secondary N) is 3. The van der Waals surface area contributed by atoms with Crippen LogP contribution in [0.15, 0.2) is 18.2 Å². The molecule has 2 heterocycles. The van der Waals surface area contributed by atoms with Crippen LogP contribution in [0.3, 0.4) is 0 Å². The highest BCUT2D eigenvalue weighted by molar-refractivity contribution is 6.08. The van der Waals surface area contributed by atoms with Crippen molar-refractivity contribution in [3.05, 3.63) is 29.8 Å². The van der Waals surface area contributed by atoms with Crippen LogP contribution in [0.1, 0.15) is 26.1 Å². The molecule has 0 radical (unpaired) electrons. The molecule has 0 spiro atoms. The van der Waals surface area contributed by atoms with Gasteiger partial charge in [0.1, 0.15) is 23.7 Å². The fourth-order valence-corrected chi connectivity index (χ4v) is 2.80. The molecular weight excluding hydrogens is 341 g/mol. The third kappa shape index (κ3) is 3.66. The largest absolute Gasteiger partial charge is 0.355 e.